The summed E-state index contributed by atoms with van der Waals surface area (Å²) in [5.74, 6) is 0.907. The summed E-state index contributed by atoms with van der Waals surface area (Å²) in [6.07, 6.45) is 0.740. The highest BCUT2D eigenvalue weighted by molar-refractivity contribution is 6.34. The lowest BCUT2D eigenvalue weighted by molar-refractivity contribution is 0.0900. The van der Waals surface area contributed by atoms with Crippen LogP contribution in [0.25, 0.3) is 0 Å². The Hall–Kier alpha value is -1.26. The van der Waals surface area contributed by atoms with Crippen LogP contribution in [0.15, 0.2) is 12.1 Å². The van der Waals surface area contributed by atoms with E-state index in [2.05, 4.69) is 0 Å². The number of ketones is 1. The molecule has 0 bridgehead atoms. The molecular weight excluding hydrogens is 256 g/mol. The molecule has 5 heteroatoms. The van der Waals surface area contributed by atoms with Crippen LogP contribution in [-0.2, 0) is 4.74 Å². The normalized spacial score (nSPS) is 18.7. The average molecular weight is 271 g/mol. The lowest BCUT2D eigenvalue weighted by atomic mass is 9.96. The molecule has 1 unspecified atom stereocenters. The molecule has 0 N–H and O–H groups in total. The molecule has 0 spiro atoms. The van der Waals surface area contributed by atoms with E-state index in [-0.39, 0.29) is 11.7 Å². The maximum atomic E-state index is 12.3. The van der Waals surface area contributed by atoms with Gasteiger partial charge in [-0.25, -0.2) is 0 Å². The van der Waals surface area contributed by atoms with Crippen molar-refractivity contribution in [1.29, 1.82) is 0 Å². The number of methoxy groups -OCH3 is 2. The van der Waals surface area contributed by atoms with Crippen molar-refractivity contribution >= 4 is 17.4 Å². The number of carbonyl (C=O) groups excluding carboxylic acids is 1. The summed E-state index contributed by atoms with van der Waals surface area (Å²) in [6, 6.07) is 3.23. The number of hydrogen-bond acceptors (Lipinski definition) is 4. The van der Waals surface area contributed by atoms with Gasteiger partial charge in [0.1, 0.15) is 0 Å². The largest absolute Gasteiger partial charge is 0.493 e. The van der Waals surface area contributed by atoms with Crippen molar-refractivity contribution in [3.05, 3.63) is 22.7 Å². The molecule has 1 fully saturated rings. The second kappa shape index (κ2) is 5.59. The minimum absolute atomic E-state index is 0.00143. The van der Waals surface area contributed by atoms with Gasteiger partial charge in [-0.1, -0.05) is 11.6 Å². The summed E-state index contributed by atoms with van der Waals surface area (Å²) < 4.78 is 15.5. The Labute approximate surface area is 111 Å². The molecule has 1 heterocycles. The van der Waals surface area contributed by atoms with E-state index >= 15 is 0 Å². The van der Waals surface area contributed by atoms with Crippen molar-refractivity contribution in [2.75, 3.05) is 27.4 Å². The van der Waals surface area contributed by atoms with E-state index < -0.39 is 0 Å². The highest BCUT2D eigenvalue weighted by Crippen LogP contribution is 2.34. The molecule has 1 aliphatic rings. The van der Waals surface area contributed by atoms with Crippen molar-refractivity contribution in [3.63, 3.8) is 0 Å². The van der Waals surface area contributed by atoms with Gasteiger partial charge in [-0.15, -0.1) is 0 Å². The maximum absolute atomic E-state index is 12.3. The Morgan fingerprint density at radius 1 is 1.33 bits per heavy atom. The van der Waals surface area contributed by atoms with Crippen LogP contribution < -0.4 is 9.47 Å². The van der Waals surface area contributed by atoms with E-state index in [1.54, 1.807) is 12.1 Å². The van der Waals surface area contributed by atoms with E-state index in [9.17, 15) is 4.79 Å². The van der Waals surface area contributed by atoms with Gasteiger partial charge in [-0.05, 0) is 12.5 Å². The second-order valence-electron chi connectivity index (χ2n) is 4.11. The fraction of sp³-hybridized carbons (Fsp3) is 0.462. The molecular formula is C13H15ClO4. The van der Waals surface area contributed by atoms with Crippen LogP contribution >= 0.6 is 11.6 Å². The molecule has 98 valence electrons. The lowest BCUT2D eigenvalue weighted by Gasteiger charge is -2.13. The van der Waals surface area contributed by atoms with E-state index in [0.717, 1.165) is 6.42 Å². The van der Waals surface area contributed by atoms with Crippen LogP contribution in [0.5, 0.6) is 11.5 Å². The smallest absolute Gasteiger partial charge is 0.169 e. The van der Waals surface area contributed by atoms with Crippen molar-refractivity contribution in [1.82, 2.24) is 0 Å². The Balaban J connectivity index is 2.34. The summed E-state index contributed by atoms with van der Waals surface area (Å²) in [6.45, 7) is 1.09. The number of halogens is 1. The predicted octanol–water partition coefficient (Wildman–Crippen LogP) is 2.58. The molecule has 2 rings (SSSR count). The molecule has 1 aromatic rings. The zero-order chi connectivity index (χ0) is 13.1. The zero-order valence-electron chi connectivity index (χ0n) is 10.4. The number of ether oxygens (including phenoxy) is 3. The second-order valence-corrected chi connectivity index (χ2v) is 4.52. The molecule has 1 aromatic carbocycles. The molecule has 1 saturated heterocycles. The first-order valence-electron chi connectivity index (χ1n) is 5.71. The SMILES string of the molecule is COc1cc(Cl)c(C(=O)C2CCOC2)cc1OC. The molecule has 0 radical (unpaired) electrons. The fourth-order valence-corrected chi connectivity index (χ4v) is 2.25. The monoisotopic (exact) mass is 270 g/mol. The molecule has 4 nitrogen and oxygen atoms in total. The quantitative estimate of drug-likeness (QED) is 0.789. The van der Waals surface area contributed by atoms with Crippen LogP contribution in [0.4, 0.5) is 0 Å². The Kier molecular flexibility index (Phi) is 4.09. The van der Waals surface area contributed by atoms with Gasteiger partial charge in [-0.3, -0.25) is 4.79 Å². The van der Waals surface area contributed by atoms with Crippen LogP contribution in [0, 0.1) is 5.92 Å². The van der Waals surface area contributed by atoms with Gasteiger partial charge in [0.15, 0.2) is 17.3 Å². The lowest BCUT2D eigenvalue weighted by Crippen LogP contribution is -2.15. The molecule has 18 heavy (non-hydrogen) atoms. The van der Waals surface area contributed by atoms with Gasteiger partial charge in [0.2, 0.25) is 0 Å². The van der Waals surface area contributed by atoms with Gasteiger partial charge in [-0.2, -0.15) is 0 Å². The van der Waals surface area contributed by atoms with Crippen molar-refractivity contribution < 1.29 is 19.0 Å². The molecule has 0 saturated carbocycles. The fourth-order valence-electron chi connectivity index (χ4n) is 2.00. The summed E-state index contributed by atoms with van der Waals surface area (Å²) in [5, 5.41) is 0.379. The average Bonchev–Trinajstić information content (AvgIpc) is 2.91. The Bertz CT molecular complexity index is 453. The zero-order valence-corrected chi connectivity index (χ0v) is 11.1. The molecule has 0 aliphatic carbocycles. The van der Waals surface area contributed by atoms with E-state index in [0.29, 0.717) is 35.3 Å². The number of benzene rings is 1. The van der Waals surface area contributed by atoms with Crippen molar-refractivity contribution in [2.45, 2.75) is 6.42 Å². The molecule has 0 amide bonds. The van der Waals surface area contributed by atoms with E-state index in [1.165, 1.54) is 14.2 Å². The maximum Gasteiger partial charge on any atom is 0.169 e. The van der Waals surface area contributed by atoms with Crippen LogP contribution in [-0.4, -0.2) is 33.2 Å². The molecule has 0 aromatic heterocycles. The topological polar surface area (TPSA) is 44.8 Å². The first-order chi connectivity index (χ1) is 8.67. The third-order valence-electron chi connectivity index (χ3n) is 3.04. The summed E-state index contributed by atoms with van der Waals surface area (Å²) in [5.41, 5.74) is 0.463. The minimum Gasteiger partial charge on any atom is -0.493 e. The number of hydrogen-bond donors (Lipinski definition) is 0. The van der Waals surface area contributed by atoms with Crippen molar-refractivity contribution in [2.24, 2.45) is 5.92 Å². The number of Topliss-reactive ketones (excluding diaryl/α,β-unsaturated/α-hetero) is 1. The van der Waals surface area contributed by atoms with Gasteiger partial charge in [0.05, 0.1) is 25.8 Å². The summed E-state index contributed by atoms with van der Waals surface area (Å²) in [4.78, 5) is 12.3. The Morgan fingerprint density at radius 2 is 2.00 bits per heavy atom. The third kappa shape index (κ3) is 2.44. The van der Waals surface area contributed by atoms with Gasteiger partial charge in [0, 0.05) is 24.2 Å². The standard InChI is InChI=1S/C13H15ClO4/c1-16-11-5-9(10(14)6-12(11)17-2)13(15)8-3-4-18-7-8/h5-6,8H,3-4,7H2,1-2H3. The highest BCUT2D eigenvalue weighted by Gasteiger charge is 2.27. The molecule has 1 aliphatic heterocycles. The molecule has 1 atom stereocenters. The van der Waals surface area contributed by atoms with E-state index in [1.807, 2.05) is 0 Å². The first kappa shape index (κ1) is 13.2. The number of carbonyl (C=O) groups is 1. The summed E-state index contributed by atoms with van der Waals surface area (Å²) >= 11 is 6.11. The van der Waals surface area contributed by atoms with Crippen LogP contribution in [0.1, 0.15) is 16.8 Å². The predicted molar refractivity (Wildman–Crippen MR) is 67.8 cm³/mol. The first-order valence-corrected chi connectivity index (χ1v) is 6.08. The summed E-state index contributed by atoms with van der Waals surface area (Å²) in [7, 11) is 3.05. The van der Waals surface area contributed by atoms with Crippen LogP contribution in [0.3, 0.4) is 0 Å². The highest BCUT2D eigenvalue weighted by atomic mass is 35.5. The van der Waals surface area contributed by atoms with Gasteiger partial charge >= 0.3 is 0 Å². The van der Waals surface area contributed by atoms with Gasteiger partial charge in [0.25, 0.3) is 0 Å². The number of rotatable bonds is 4. The van der Waals surface area contributed by atoms with E-state index in [4.69, 9.17) is 25.8 Å². The van der Waals surface area contributed by atoms with Gasteiger partial charge < -0.3 is 14.2 Å². The Morgan fingerprint density at radius 3 is 2.56 bits per heavy atom. The van der Waals surface area contributed by atoms with Crippen molar-refractivity contribution in [3.8, 4) is 11.5 Å². The minimum atomic E-state index is -0.111. The van der Waals surface area contributed by atoms with Crippen LogP contribution in [0.2, 0.25) is 5.02 Å². The third-order valence-corrected chi connectivity index (χ3v) is 3.35.